The van der Waals surface area contributed by atoms with Crippen molar-refractivity contribution < 1.29 is 14.3 Å². The van der Waals surface area contributed by atoms with E-state index in [-0.39, 0.29) is 17.6 Å². The first-order valence-corrected chi connectivity index (χ1v) is 7.42. The molecule has 0 aromatic heterocycles. The average Bonchev–Trinajstić information content (AvgIpc) is 2.55. The number of aryl methyl sites for hydroxylation is 1. The summed E-state index contributed by atoms with van der Waals surface area (Å²) in [5.74, 6) is 1.06. The number of hydrogen-bond acceptors (Lipinski definition) is 4. The largest absolute Gasteiger partial charge is 0.497 e. The topological polar surface area (TPSA) is 59.6 Å². The molecule has 0 bridgehead atoms. The Kier molecular flexibility index (Phi) is 5.94. The van der Waals surface area contributed by atoms with E-state index in [1.807, 2.05) is 31.2 Å². The van der Waals surface area contributed by atoms with Crippen molar-refractivity contribution in [1.82, 2.24) is 5.32 Å². The van der Waals surface area contributed by atoms with Crippen LogP contribution in [0.25, 0.3) is 0 Å². The van der Waals surface area contributed by atoms with Gasteiger partial charge in [0.1, 0.15) is 11.5 Å². The Bertz CT molecular complexity index is 669. The monoisotopic (exact) mass is 330 g/mol. The number of thiocarbonyl (C=S) groups is 1. The highest BCUT2D eigenvalue weighted by Crippen LogP contribution is 2.14. The Balaban J connectivity index is 1.77. The maximum Gasteiger partial charge on any atom is 0.264 e. The van der Waals surface area contributed by atoms with E-state index in [1.54, 1.807) is 31.4 Å². The molecule has 6 heteroatoms. The quantitative estimate of drug-likeness (QED) is 0.826. The van der Waals surface area contributed by atoms with Crippen molar-refractivity contribution in [2.75, 3.05) is 19.0 Å². The molecule has 5 nitrogen and oxygen atoms in total. The highest BCUT2D eigenvalue weighted by molar-refractivity contribution is 7.80. The van der Waals surface area contributed by atoms with Crippen molar-refractivity contribution in [1.29, 1.82) is 0 Å². The van der Waals surface area contributed by atoms with Gasteiger partial charge in [0.2, 0.25) is 0 Å². The summed E-state index contributed by atoms with van der Waals surface area (Å²) in [6.45, 7) is 1.88. The second-order valence-electron chi connectivity index (χ2n) is 4.83. The smallest absolute Gasteiger partial charge is 0.264 e. The summed E-state index contributed by atoms with van der Waals surface area (Å²) in [5.41, 5.74) is 1.89. The molecule has 0 unspecified atom stereocenters. The van der Waals surface area contributed by atoms with Gasteiger partial charge in [-0.15, -0.1) is 0 Å². The fraction of sp³-hybridized carbons (Fsp3) is 0.176. The van der Waals surface area contributed by atoms with E-state index in [1.165, 1.54) is 0 Å². The van der Waals surface area contributed by atoms with Crippen LogP contribution in [-0.4, -0.2) is 24.7 Å². The fourth-order valence-electron chi connectivity index (χ4n) is 1.78. The summed E-state index contributed by atoms with van der Waals surface area (Å²) in [7, 11) is 1.60. The van der Waals surface area contributed by atoms with Crippen molar-refractivity contribution in [3.63, 3.8) is 0 Å². The first-order valence-electron chi connectivity index (χ1n) is 7.01. The van der Waals surface area contributed by atoms with Gasteiger partial charge >= 0.3 is 0 Å². The summed E-state index contributed by atoms with van der Waals surface area (Å²) in [6.07, 6.45) is 0. The molecule has 0 radical (unpaired) electrons. The van der Waals surface area contributed by atoms with Crippen LogP contribution in [0.3, 0.4) is 0 Å². The number of carbonyl (C=O) groups is 1. The van der Waals surface area contributed by atoms with E-state index in [0.717, 1.165) is 17.0 Å². The van der Waals surface area contributed by atoms with Crippen molar-refractivity contribution in [3.05, 3.63) is 54.1 Å². The molecule has 0 saturated heterocycles. The number of benzene rings is 2. The van der Waals surface area contributed by atoms with Crippen LogP contribution in [0.1, 0.15) is 5.56 Å². The van der Waals surface area contributed by atoms with Crippen LogP contribution in [-0.2, 0) is 4.79 Å². The molecule has 0 heterocycles. The number of nitrogens with one attached hydrogen (secondary N) is 2. The highest BCUT2D eigenvalue weighted by Gasteiger charge is 2.06. The van der Waals surface area contributed by atoms with Gasteiger partial charge in [-0.05, 0) is 55.5 Å². The second kappa shape index (κ2) is 8.14. The summed E-state index contributed by atoms with van der Waals surface area (Å²) in [6, 6.07) is 14.7. The molecule has 120 valence electrons. The SMILES string of the molecule is COc1ccc(NC(=S)NC(=O)COc2ccc(C)cc2)cc1. The van der Waals surface area contributed by atoms with E-state index >= 15 is 0 Å². The lowest BCUT2D eigenvalue weighted by Crippen LogP contribution is -2.37. The van der Waals surface area contributed by atoms with Gasteiger partial charge in [0.25, 0.3) is 5.91 Å². The molecule has 0 spiro atoms. The Morgan fingerprint density at radius 3 is 2.26 bits per heavy atom. The molecular formula is C17H18N2O3S. The van der Waals surface area contributed by atoms with Crippen LogP contribution < -0.4 is 20.1 Å². The zero-order chi connectivity index (χ0) is 16.7. The number of hydrogen-bond donors (Lipinski definition) is 2. The van der Waals surface area contributed by atoms with Gasteiger partial charge in [0.15, 0.2) is 11.7 Å². The van der Waals surface area contributed by atoms with E-state index in [9.17, 15) is 4.79 Å². The van der Waals surface area contributed by atoms with Gasteiger partial charge in [-0.25, -0.2) is 0 Å². The molecule has 0 aliphatic carbocycles. The summed E-state index contributed by atoms with van der Waals surface area (Å²) >= 11 is 5.09. The number of rotatable bonds is 5. The molecular weight excluding hydrogens is 312 g/mol. The molecule has 0 atom stereocenters. The lowest BCUT2D eigenvalue weighted by atomic mass is 10.2. The minimum Gasteiger partial charge on any atom is -0.497 e. The van der Waals surface area contributed by atoms with Gasteiger partial charge in [0, 0.05) is 5.69 Å². The van der Waals surface area contributed by atoms with Crippen molar-refractivity contribution in [2.24, 2.45) is 0 Å². The first-order chi connectivity index (χ1) is 11.1. The zero-order valence-corrected chi connectivity index (χ0v) is 13.8. The van der Waals surface area contributed by atoms with Crippen LogP contribution in [0.15, 0.2) is 48.5 Å². The number of ether oxygens (including phenoxy) is 2. The van der Waals surface area contributed by atoms with Crippen LogP contribution in [0, 0.1) is 6.92 Å². The molecule has 2 aromatic carbocycles. The number of amides is 1. The Morgan fingerprint density at radius 2 is 1.65 bits per heavy atom. The Hall–Kier alpha value is -2.60. The maximum absolute atomic E-state index is 11.8. The van der Waals surface area contributed by atoms with Crippen LogP contribution in [0.5, 0.6) is 11.5 Å². The predicted molar refractivity (Wildman–Crippen MR) is 94.0 cm³/mol. The zero-order valence-electron chi connectivity index (χ0n) is 13.0. The summed E-state index contributed by atoms with van der Waals surface area (Å²) in [5, 5.41) is 5.70. The number of anilines is 1. The first kappa shape index (κ1) is 16.8. The molecule has 0 aliphatic rings. The average molecular weight is 330 g/mol. The molecule has 1 amide bonds. The maximum atomic E-state index is 11.8. The van der Waals surface area contributed by atoms with Gasteiger partial charge in [-0.2, -0.15) is 0 Å². The van der Waals surface area contributed by atoms with Crippen LogP contribution in [0.2, 0.25) is 0 Å². The minimum absolute atomic E-state index is 0.104. The lowest BCUT2D eigenvalue weighted by Gasteiger charge is -2.11. The minimum atomic E-state index is -0.323. The third-order valence-corrected chi connectivity index (χ3v) is 3.20. The molecule has 2 N–H and O–H groups in total. The standard InChI is InChI=1S/C17H18N2O3S/c1-12-3-7-15(8-4-12)22-11-16(20)19-17(23)18-13-5-9-14(21-2)10-6-13/h3-10H,11H2,1-2H3,(H2,18,19,20,23). The molecule has 0 aliphatic heterocycles. The molecule has 2 aromatic rings. The predicted octanol–water partition coefficient (Wildman–Crippen LogP) is 2.90. The Labute approximate surface area is 140 Å². The van der Waals surface area contributed by atoms with E-state index < -0.39 is 0 Å². The third-order valence-electron chi connectivity index (χ3n) is 2.99. The van der Waals surface area contributed by atoms with Crippen LogP contribution in [0.4, 0.5) is 5.69 Å². The molecule has 0 fully saturated rings. The summed E-state index contributed by atoms with van der Waals surface area (Å²) in [4.78, 5) is 11.8. The van der Waals surface area contributed by atoms with Gasteiger partial charge in [-0.3, -0.25) is 10.1 Å². The normalized spacial score (nSPS) is 9.83. The second-order valence-corrected chi connectivity index (χ2v) is 5.24. The van der Waals surface area contributed by atoms with Crippen molar-refractivity contribution in [3.8, 4) is 11.5 Å². The van der Waals surface area contributed by atoms with Crippen LogP contribution >= 0.6 is 12.2 Å². The highest BCUT2D eigenvalue weighted by atomic mass is 32.1. The third kappa shape index (κ3) is 5.60. The van der Waals surface area contributed by atoms with Gasteiger partial charge in [-0.1, -0.05) is 17.7 Å². The van der Waals surface area contributed by atoms with Gasteiger partial charge in [0.05, 0.1) is 7.11 Å². The lowest BCUT2D eigenvalue weighted by molar-refractivity contribution is -0.121. The van der Waals surface area contributed by atoms with E-state index in [0.29, 0.717) is 5.75 Å². The molecule has 2 rings (SSSR count). The Morgan fingerprint density at radius 1 is 1.04 bits per heavy atom. The number of carbonyl (C=O) groups excluding carboxylic acids is 1. The van der Waals surface area contributed by atoms with Crippen molar-refractivity contribution in [2.45, 2.75) is 6.92 Å². The molecule has 23 heavy (non-hydrogen) atoms. The summed E-state index contributed by atoms with van der Waals surface area (Å²) < 4.78 is 10.5. The van der Waals surface area contributed by atoms with Gasteiger partial charge < -0.3 is 14.8 Å². The van der Waals surface area contributed by atoms with Crippen molar-refractivity contribution >= 4 is 28.9 Å². The fourth-order valence-corrected chi connectivity index (χ4v) is 2.01. The van der Waals surface area contributed by atoms with E-state index in [2.05, 4.69) is 10.6 Å². The molecule has 0 saturated carbocycles. The number of methoxy groups -OCH3 is 1. The van der Waals surface area contributed by atoms with E-state index in [4.69, 9.17) is 21.7 Å².